The minimum Gasteiger partial charge on any atom is -0.341 e. The summed E-state index contributed by atoms with van der Waals surface area (Å²) in [4.78, 5) is 25.2. The van der Waals surface area contributed by atoms with E-state index in [-0.39, 0.29) is 23.8 Å². The molecule has 30 heavy (non-hydrogen) atoms. The molecule has 154 valence electrons. The van der Waals surface area contributed by atoms with Crippen molar-refractivity contribution >= 4 is 17.5 Å². The molecule has 3 aromatic carbocycles. The van der Waals surface area contributed by atoms with Crippen molar-refractivity contribution in [2.75, 3.05) is 5.32 Å². The molecule has 0 aliphatic heterocycles. The van der Waals surface area contributed by atoms with Gasteiger partial charge in [0.15, 0.2) is 0 Å². The molecule has 2 amide bonds. The number of nitrogens with one attached hydrogen (secondary N) is 2. The molecule has 0 bridgehead atoms. The number of rotatable bonds is 8. The SMILES string of the molecule is CCC(CC)C(=O)Nc1ccc(C(=O)NC(c2ccccc2)c2ccccc2)cc1. The zero-order chi connectivity index (χ0) is 21.3. The van der Waals surface area contributed by atoms with E-state index in [2.05, 4.69) is 10.6 Å². The van der Waals surface area contributed by atoms with Gasteiger partial charge in [-0.1, -0.05) is 74.5 Å². The third-order valence-electron chi connectivity index (χ3n) is 5.31. The Hall–Kier alpha value is -3.40. The summed E-state index contributed by atoms with van der Waals surface area (Å²) in [5, 5.41) is 6.07. The first-order valence-corrected chi connectivity index (χ1v) is 10.4. The molecular formula is C26H28N2O2. The van der Waals surface area contributed by atoms with E-state index in [4.69, 9.17) is 0 Å². The van der Waals surface area contributed by atoms with Gasteiger partial charge in [0.1, 0.15) is 0 Å². The van der Waals surface area contributed by atoms with E-state index in [1.54, 1.807) is 24.3 Å². The molecule has 0 heterocycles. The fraction of sp³-hybridized carbons (Fsp3) is 0.231. The van der Waals surface area contributed by atoms with Crippen LogP contribution in [-0.2, 0) is 4.79 Å². The van der Waals surface area contributed by atoms with Gasteiger partial charge in [0, 0.05) is 17.2 Å². The maximum absolute atomic E-state index is 12.9. The maximum Gasteiger partial charge on any atom is 0.252 e. The minimum absolute atomic E-state index is 0.00507. The number of anilines is 1. The molecule has 4 heteroatoms. The Balaban J connectivity index is 1.74. The third kappa shape index (κ3) is 5.35. The highest BCUT2D eigenvalue weighted by atomic mass is 16.2. The van der Waals surface area contributed by atoms with Gasteiger partial charge in [-0.2, -0.15) is 0 Å². The van der Waals surface area contributed by atoms with Crippen molar-refractivity contribution in [2.45, 2.75) is 32.7 Å². The van der Waals surface area contributed by atoms with Crippen molar-refractivity contribution in [2.24, 2.45) is 5.92 Å². The van der Waals surface area contributed by atoms with E-state index in [0.717, 1.165) is 24.0 Å². The minimum atomic E-state index is -0.242. The Morgan fingerprint density at radius 1 is 0.733 bits per heavy atom. The monoisotopic (exact) mass is 400 g/mol. The highest BCUT2D eigenvalue weighted by Gasteiger charge is 2.18. The first-order chi connectivity index (χ1) is 14.6. The average Bonchev–Trinajstić information content (AvgIpc) is 2.80. The van der Waals surface area contributed by atoms with E-state index in [1.165, 1.54) is 0 Å². The Bertz CT molecular complexity index is 910. The van der Waals surface area contributed by atoms with Gasteiger partial charge in [0.05, 0.1) is 6.04 Å². The lowest BCUT2D eigenvalue weighted by Crippen LogP contribution is -2.29. The largest absolute Gasteiger partial charge is 0.341 e. The lowest BCUT2D eigenvalue weighted by Gasteiger charge is -2.20. The normalized spacial score (nSPS) is 10.8. The highest BCUT2D eigenvalue weighted by molar-refractivity contribution is 5.96. The van der Waals surface area contributed by atoms with Crippen molar-refractivity contribution in [3.63, 3.8) is 0 Å². The highest BCUT2D eigenvalue weighted by Crippen LogP contribution is 2.23. The molecule has 0 fully saturated rings. The van der Waals surface area contributed by atoms with E-state index < -0.39 is 0 Å². The summed E-state index contributed by atoms with van der Waals surface area (Å²) < 4.78 is 0. The predicted octanol–water partition coefficient (Wildman–Crippen LogP) is 5.58. The smallest absolute Gasteiger partial charge is 0.252 e. The molecule has 3 aromatic rings. The van der Waals surface area contributed by atoms with Gasteiger partial charge in [0.2, 0.25) is 5.91 Å². The van der Waals surface area contributed by atoms with Gasteiger partial charge in [-0.3, -0.25) is 9.59 Å². The molecule has 2 N–H and O–H groups in total. The van der Waals surface area contributed by atoms with E-state index in [0.29, 0.717) is 11.3 Å². The molecule has 4 nitrogen and oxygen atoms in total. The van der Waals surface area contributed by atoms with E-state index in [1.807, 2.05) is 74.5 Å². The maximum atomic E-state index is 12.9. The standard InChI is InChI=1S/C26H28N2O2/c1-3-19(4-2)25(29)27-23-17-15-22(16-18-23)26(30)28-24(20-11-7-5-8-12-20)21-13-9-6-10-14-21/h5-19,24H,3-4H2,1-2H3,(H,27,29)(H,28,30). The quantitative estimate of drug-likeness (QED) is 0.518. The van der Waals surface area contributed by atoms with Crippen LogP contribution in [0.5, 0.6) is 0 Å². The molecule has 0 saturated heterocycles. The summed E-state index contributed by atoms with van der Waals surface area (Å²) in [5.41, 5.74) is 3.29. The molecule has 0 aliphatic rings. The first kappa shape index (κ1) is 21.3. The van der Waals surface area contributed by atoms with Gasteiger partial charge in [-0.25, -0.2) is 0 Å². The summed E-state index contributed by atoms with van der Waals surface area (Å²) in [6.07, 6.45) is 1.62. The lowest BCUT2D eigenvalue weighted by atomic mass is 9.98. The zero-order valence-electron chi connectivity index (χ0n) is 17.5. The van der Waals surface area contributed by atoms with Gasteiger partial charge < -0.3 is 10.6 Å². The van der Waals surface area contributed by atoms with Crippen LogP contribution in [0.15, 0.2) is 84.9 Å². The van der Waals surface area contributed by atoms with Gasteiger partial charge in [-0.15, -0.1) is 0 Å². The molecule has 3 rings (SSSR count). The van der Waals surface area contributed by atoms with Crippen molar-refractivity contribution in [1.29, 1.82) is 0 Å². The van der Waals surface area contributed by atoms with Crippen LogP contribution in [-0.4, -0.2) is 11.8 Å². The number of hydrogen-bond acceptors (Lipinski definition) is 2. The van der Waals surface area contributed by atoms with Crippen molar-refractivity contribution < 1.29 is 9.59 Å². The van der Waals surface area contributed by atoms with Crippen LogP contribution in [0.2, 0.25) is 0 Å². The molecule has 0 unspecified atom stereocenters. The Kier molecular flexibility index (Phi) is 7.39. The van der Waals surface area contributed by atoms with Gasteiger partial charge in [-0.05, 0) is 48.2 Å². The zero-order valence-corrected chi connectivity index (χ0v) is 17.5. The Morgan fingerprint density at radius 2 is 1.23 bits per heavy atom. The summed E-state index contributed by atoms with van der Waals surface area (Å²) in [7, 11) is 0. The summed E-state index contributed by atoms with van der Waals surface area (Å²) in [6.45, 7) is 4.02. The van der Waals surface area contributed by atoms with Crippen LogP contribution in [0, 0.1) is 5.92 Å². The summed E-state index contributed by atoms with van der Waals surface area (Å²) in [6, 6.07) is 26.6. The molecular weight excluding hydrogens is 372 g/mol. The second kappa shape index (κ2) is 10.4. The molecule has 0 radical (unpaired) electrons. The Labute approximate surface area is 178 Å². The predicted molar refractivity (Wildman–Crippen MR) is 121 cm³/mol. The second-order valence-electron chi connectivity index (χ2n) is 7.31. The summed E-state index contributed by atoms with van der Waals surface area (Å²) in [5.74, 6) is -0.138. The molecule has 0 saturated carbocycles. The third-order valence-corrected chi connectivity index (χ3v) is 5.31. The van der Waals surface area contributed by atoms with Crippen LogP contribution < -0.4 is 10.6 Å². The molecule has 0 aromatic heterocycles. The molecule has 0 spiro atoms. The van der Waals surface area contributed by atoms with Crippen LogP contribution in [0.4, 0.5) is 5.69 Å². The van der Waals surface area contributed by atoms with Gasteiger partial charge >= 0.3 is 0 Å². The van der Waals surface area contributed by atoms with Crippen molar-refractivity contribution in [3.8, 4) is 0 Å². The number of benzene rings is 3. The van der Waals surface area contributed by atoms with Crippen molar-refractivity contribution in [1.82, 2.24) is 5.32 Å². The second-order valence-corrected chi connectivity index (χ2v) is 7.31. The van der Waals surface area contributed by atoms with Crippen LogP contribution >= 0.6 is 0 Å². The number of carbonyl (C=O) groups is 2. The molecule has 0 aliphatic carbocycles. The Morgan fingerprint density at radius 3 is 1.70 bits per heavy atom. The van der Waals surface area contributed by atoms with Crippen molar-refractivity contribution in [3.05, 3.63) is 102 Å². The molecule has 0 atom stereocenters. The summed E-state index contributed by atoms with van der Waals surface area (Å²) >= 11 is 0. The first-order valence-electron chi connectivity index (χ1n) is 10.4. The fourth-order valence-corrected chi connectivity index (χ4v) is 3.47. The van der Waals surface area contributed by atoms with Crippen LogP contribution in [0.1, 0.15) is 54.2 Å². The van der Waals surface area contributed by atoms with Crippen LogP contribution in [0.3, 0.4) is 0 Å². The van der Waals surface area contributed by atoms with Gasteiger partial charge in [0.25, 0.3) is 5.91 Å². The lowest BCUT2D eigenvalue weighted by molar-refractivity contribution is -0.120. The van der Waals surface area contributed by atoms with Crippen LogP contribution in [0.25, 0.3) is 0 Å². The number of amides is 2. The number of carbonyl (C=O) groups excluding carboxylic acids is 2. The van der Waals surface area contributed by atoms with E-state index in [9.17, 15) is 9.59 Å². The average molecular weight is 401 g/mol. The fourth-order valence-electron chi connectivity index (χ4n) is 3.47. The number of hydrogen-bond donors (Lipinski definition) is 2. The van der Waals surface area contributed by atoms with E-state index >= 15 is 0 Å². The topological polar surface area (TPSA) is 58.2 Å².